The van der Waals surface area contributed by atoms with Crippen molar-refractivity contribution in [2.24, 2.45) is 0 Å². The van der Waals surface area contributed by atoms with Crippen LogP contribution < -0.4 is 5.32 Å². The molecule has 0 spiro atoms. The molecule has 0 saturated carbocycles. The molecule has 0 unspecified atom stereocenters. The molecule has 1 atom stereocenters. The Labute approximate surface area is 100.0 Å². The van der Waals surface area contributed by atoms with Crippen LogP contribution in [0.3, 0.4) is 0 Å². The van der Waals surface area contributed by atoms with Gasteiger partial charge in [0, 0.05) is 18.6 Å². The lowest BCUT2D eigenvalue weighted by Gasteiger charge is -2.34. The van der Waals surface area contributed by atoms with Crippen LogP contribution in [0, 0.1) is 0 Å². The Bertz CT molecular complexity index is 225. The first-order valence-corrected chi connectivity index (χ1v) is 6.02. The number of hydrogen-bond acceptors (Lipinski definition) is 3. The van der Waals surface area contributed by atoms with Crippen LogP contribution in [0.1, 0.15) is 26.7 Å². The molecule has 17 heavy (non-hydrogen) atoms. The number of aliphatic hydroxyl groups is 1. The second-order valence-electron chi connectivity index (χ2n) is 4.95. The molecular weight excluding hydrogens is 233 g/mol. The highest BCUT2D eigenvalue weighted by Gasteiger charge is 2.39. The Balaban J connectivity index is 2.28. The van der Waals surface area contributed by atoms with E-state index in [4.69, 9.17) is 5.11 Å². The van der Waals surface area contributed by atoms with Crippen molar-refractivity contribution in [3.8, 4) is 0 Å². The molecule has 1 aliphatic rings. The maximum absolute atomic E-state index is 12.2. The fraction of sp³-hybridized carbons (Fsp3) is 1.00. The van der Waals surface area contributed by atoms with Gasteiger partial charge in [-0.25, -0.2) is 0 Å². The minimum Gasteiger partial charge on any atom is -0.382 e. The SMILES string of the molecule is CC(C)NC1CCN(C[C@@H](O)C(F)(F)F)CC1. The largest absolute Gasteiger partial charge is 0.415 e. The Morgan fingerprint density at radius 2 is 1.82 bits per heavy atom. The minimum absolute atomic E-state index is 0.308. The van der Waals surface area contributed by atoms with Gasteiger partial charge in [0.05, 0.1) is 0 Å². The highest BCUT2D eigenvalue weighted by atomic mass is 19.4. The van der Waals surface area contributed by atoms with Gasteiger partial charge >= 0.3 is 6.18 Å². The van der Waals surface area contributed by atoms with Crippen LogP contribution in [0.15, 0.2) is 0 Å². The first-order chi connectivity index (χ1) is 7.79. The summed E-state index contributed by atoms with van der Waals surface area (Å²) in [7, 11) is 0. The number of aliphatic hydroxyl groups excluding tert-OH is 1. The van der Waals surface area contributed by atoms with E-state index in [1.54, 1.807) is 4.90 Å². The Hall–Kier alpha value is -0.330. The lowest BCUT2D eigenvalue weighted by atomic mass is 10.0. The Kier molecular flexibility index (Phi) is 5.22. The summed E-state index contributed by atoms with van der Waals surface area (Å²) >= 11 is 0. The first kappa shape index (κ1) is 14.7. The monoisotopic (exact) mass is 254 g/mol. The maximum atomic E-state index is 12.2. The third-order valence-electron chi connectivity index (χ3n) is 2.97. The van der Waals surface area contributed by atoms with Crippen LogP contribution in [0.25, 0.3) is 0 Å². The molecule has 1 aliphatic heterocycles. The van der Waals surface area contributed by atoms with E-state index in [2.05, 4.69) is 19.2 Å². The molecule has 6 heteroatoms. The molecule has 0 aromatic rings. The van der Waals surface area contributed by atoms with E-state index in [1.807, 2.05) is 0 Å². The number of nitrogens with one attached hydrogen (secondary N) is 1. The van der Waals surface area contributed by atoms with Crippen molar-refractivity contribution in [1.29, 1.82) is 0 Å². The molecule has 3 nitrogen and oxygen atoms in total. The molecule has 1 heterocycles. The number of rotatable bonds is 4. The van der Waals surface area contributed by atoms with Gasteiger partial charge in [-0.2, -0.15) is 13.2 Å². The number of alkyl halides is 3. The van der Waals surface area contributed by atoms with Crippen molar-refractivity contribution >= 4 is 0 Å². The lowest BCUT2D eigenvalue weighted by molar-refractivity contribution is -0.208. The predicted molar refractivity (Wildman–Crippen MR) is 59.8 cm³/mol. The zero-order valence-corrected chi connectivity index (χ0v) is 10.3. The van der Waals surface area contributed by atoms with Crippen LogP contribution in [-0.2, 0) is 0 Å². The number of piperidine rings is 1. The molecular formula is C11H21F3N2O. The van der Waals surface area contributed by atoms with Gasteiger partial charge in [-0.3, -0.25) is 0 Å². The fourth-order valence-corrected chi connectivity index (χ4v) is 2.10. The van der Waals surface area contributed by atoms with Crippen molar-refractivity contribution in [3.05, 3.63) is 0 Å². The van der Waals surface area contributed by atoms with E-state index in [9.17, 15) is 13.2 Å². The number of hydrogen-bond donors (Lipinski definition) is 2. The lowest BCUT2D eigenvalue weighted by Crippen LogP contribution is -2.48. The van der Waals surface area contributed by atoms with Crippen molar-refractivity contribution in [3.63, 3.8) is 0 Å². The Morgan fingerprint density at radius 1 is 1.29 bits per heavy atom. The van der Waals surface area contributed by atoms with Crippen LogP contribution in [-0.4, -0.2) is 54.0 Å². The quantitative estimate of drug-likeness (QED) is 0.795. The standard InChI is InChI=1S/C11H21F3N2O/c1-8(2)15-9-3-5-16(6-4-9)7-10(17)11(12,13)14/h8-10,15,17H,3-7H2,1-2H3/t10-/m1/s1. The molecule has 0 radical (unpaired) electrons. The van der Waals surface area contributed by atoms with E-state index in [1.165, 1.54) is 0 Å². The van der Waals surface area contributed by atoms with Crippen LogP contribution in [0.4, 0.5) is 13.2 Å². The summed E-state index contributed by atoms with van der Waals surface area (Å²) in [6, 6.07) is 0.779. The maximum Gasteiger partial charge on any atom is 0.415 e. The summed E-state index contributed by atoms with van der Waals surface area (Å²) in [4.78, 5) is 1.68. The average Bonchev–Trinajstić information content (AvgIpc) is 2.18. The molecule has 1 rings (SSSR count). The van der Waals surface area contributed by atoms with E-state index >= 15 is 0 Å². The van der Waals surface area contributed by atoms with Gasteiger partial charge in [-0.15, -0.1) is 0 Å². The van der Waals surface area contributed by atoms with Gasteiger partial charge in [-0.1, -0.05) is 13.8 Å². The molecule has 2 N–H and O–H groups in total. The van der Waals surface area contributed by atoms with Gasteiger partial charge in [0.1, 0.15) is 0 Å². The number of likely N-dealkylation sites (tertiary alicyclic amines) is 1. The minimum atomic E-state index is -4.51. The topological polar surface area (TPSA) is 35.5 Å². The number of nitrogens with zero attached hydrogens (tertiary/aromatic N) is 1. The van der Waals surface area contributed by atoms with E-state index in [0.29, 0.717) is 25.2 Å². The summed E-state index contributed by atoms with van der Waals surface area (Å²) in [5.41, 5.74) is 0. The van der Waals surface area contributed by atoms with Crippen molar-refractivity contribution < 1.29 is 18.3 Å². The van der Waals surface area contributed by atoms with Gasteiger partial charge in [0.2, 0.25) is 0 Å². The molecule has 0 aromatic heterocycles. The molecule has 0 aromatic carbocycles. The Morgan fingerprint density at radius 3 is 2.24 bits per heavy atom. The zero-order valence-electron chi connectivity index (χ0n) is 10.3. The average molecular weight is 254 g/mol. The van der Waals surface area contributed by atoms with Crippen LogP contribution in [0.2, 0.25) is 0 Å². The molecule has 0 aliphatic carbocycles. The molecule has 1 fully saturated rings. The van der Waals surface area contributed by atoms with Crippen molar-refractivity contribution in [2.75, 3.05) is 19.6 Å². The van der Waals surface area contributed by atoms with E-state index in [-0.39, 0.29) is 6.54 Å². The third kappa shape index (κ3) is 5.23. The molecule has 0 bridgehead atoms. The smallest absolute Gasteiger partial charge is 0.382 e. The normalized spacial score (nSPS) is 22.1. The van der Waals surface area contributed by atoms with Crippen LogP contribution in [0.5, 0.6) is 0 Å². The summed E-state index contributed by atoms with van der Waals surface area (Å²) < 4.78 is 36.5. The summed E-state index contributed by atoms with van der Waals surface area (Å²) in [6.45, 7) is 5.02. The number of halogens is 3. The highest BCUT2D eigenvalue weighted by Crippen LogP contribution is 2.22. The fourth-order valence-electron chi connectivity index (χ4n) is 2.10. The van der Waals surface area contributed by atoms with E-state index < -0.39 is 12.3 Å². The summed E-state index contributed by atoms with van der Waals surface area (Å²) in [5.74, 6) is 0. The van der Waals surface area contributed by atoms with Gasteiger partial charge in [0.15, 0.2) is 6.10 Å². The summed E-state index contributed by atoms with van der Waals surface area (Å²) in [5, 5.41) is 12.3. The summed E-state index contributed by atoms with van der Waals surface area (Å²) in [6.07, 6.45) is -5.06. The molecule has 102 valence electrons. The number of β-amino-alcohol motifs (C(OH)–C–C–N with tert-alkyl or cyclic N) is 1. The van der Waals surface area contributed by atoms with Gasteiger partial charge in [-0.05, 0) is 25.9 Å². The first-order valence-electron chi connectivity index (χ1n) is 6.02. The van der Waals surface area contributed by atoms with Crippen LogP contribution >= 0.6 is 0 Å². The van der Waals surface area contributed by atoms with Gasteiger partial charge < -0.3 is 15.3 Å². The molecule has 0 amide bonds. The van der Waals surface area contributed by atoms with Crippen molar-refractivity contribution in [2.45, 2.75) is 51.1 Å². The predicted octanol–water partition coefficient (Wildman–Crippen LogP) is 1.37. The van der Waals surface area contributed by atoms with Gasteiger partial charge in [0.25, 0.3) is 0 Å². The second-order valence-corrected chi connectivity index (χ2v) is 4.95. The zero-order chi connectivity index (χ0) is 13.1. The van der Waals surface area contributed by atoms with Crippen molar-refractivity contribution in [1.82, 2.24) is 10.2 Å². The second kappa shape index (κ2) is 6.02. The van der Waals surface area contributed by atoms with E-state index in [0.717, 1.165) is 12.8 Å². The third-order valence-corrected chi connectivity index (χ3v) is 2.97. The molecule has 1 saturated heterocycles. The highest BCUT2D eigenvalue weighted by molar-refractivity contribution is 4.80.